The minimum atomic E-state index is -0.930. The molecule has 2 amide bonds. The Morgan fingerprint density at radius 3 is 2.42 bits per heavy atom. The van der Waals surface area contributed by atoms with Crippen molar-refractivity contribution in [1.82, 2.24) is 10.2 Å². The highest BCUT2D eigenvalue weighted by Crippen LogP contribution is 2.22. The minimum absolute atomic E-state index is 0.109. The van der Waals surface area contributed by atoms with Crippen molar-refractivity contribution in [1.29, 1.82) is 0 Å². The number of amides is 2. The summed E-state index contributed by atoms with van der Waals surface area (Å²) >= 11 is 0. The largest absolute Gasteiger partial charge is 0.481 e. The zero-order chi connectivity index (χ0) is 14.4. The third kappa shape index (κ3) is 4.70. The predicted octanol–water partition coefficient (Wildman–Crippen LogP) is 1.45. The van der Waals surface area contributed by atoms with Gasteiger partial charge in [0.1, 0.15) is 0 Å². The summed E-state index contributed by atoms with van der Waals surface area (Å²) in [6, 6.07) is 0.320. The number of ether oxygens (including phenoxy) is 1. The lowest BCUT2D eigenvalue weighted by atomic mass is 9.98. The van der Waals surface area contributed by atoms with Crippen LogP contribution in [0.1, 0.15) is 39.5 Å². The van der Waals surface area contributed by atoms with Crippen molar-refractivity contribution in [3.8, 4) is 0 Å². The summed E-state index contributed by atoms with van der Waals surface area (Å²) in [5, 5.41) is 11.5. The van der Waals surface area contributed by atoms with Gasteiger partial charge in [-0.15, -0.1) is 0 Å². The van der Waals surface area contributed by atoms with Crippen LogP contribution in [0.5, 0.6) is 0 Å². The molecule has 1 fully saturated rings. The summed E-state index contributed by atoms with van der Waals surface area (Å²) in [4.78, 5) is 24.6. The second kappa shape index (κ2) is 7.33. The lowest BCUT2D eigenvalue weighted by Crippen LogP contribution is -2.53. The number of rotatable bonds is 5. The van der Waals surface area contributed by atoms with Crippen molar-refractivity contribution in [2.24, 2.45) is 0 Å². The summed E-state index contributed by atoms with van der Waals surface area (Å²) < 4.78 is 5.04. The molecule has 0 aliphatic carbocycles. The molecule has 110 valence electrons. The fourth-order valence-electron chi connectivity index (χ4n) is 2.55. The molecule has 3 atom stereocenters. The highest BCUT2D eigenvalue weighted by atomic mass is 16.5. The molecule has 0 spiro atoms. The topological polar surface area (TPSA) is 78.9 Å². The van der Waals surface area contributed by atoms with Gasteiger partial charge in [-0.25, -0.2) is 4.79 Å². The number of carbonyl (C=O) groups is 2. The van der Waals surface area contributed by atoms with Gasteiger partial charge >= 0.3 is 12.0 Å². The van der Waals surface area contributed by atoms with Crippen LogP contribution in [0.25, 0.3) is 0 Å². The van der Waals surface area contributed by atoms with E-state index in [0.717, 1.165) is 19.3 Å². The number of nitrogens with zero attached hydrogens (tertiary/aromatic N) is 1. The molecule has 19 heavy (non-hydrogen) atoms. The van der Waals surface area contributed by atoms with Crippen LogP contribution < -0.4 is 5.32 Å². The molecule has 1 saturated heterocycles. The number of carbonyl (C=O) groups excluding carboxylic acids is 1. The summed E-state index contributed by atoms with van der Waals surface area (Å²) in [7, 11) is 1.45. The summed E-state index contributed by atoms with van der Waals surface area (Å²) in [5.41, 5.74) is 0. The van der Waals surface area contributed by atoms with Gasteiger partial charge in [0.2, 0.25) is 0 Å². The summed E-state index contributed by atoms with van der Waals surface area (Å²) in [6.45, 7) is 4.30. The quantitative estimate of drug-likeness (QED) is 0.794. The molecule has 0 saturated carbocycles. The monoisotopic (exact) mass is 272 g/mol. The molecule has 0 aromatic heterocycles. The number of hydrogen-bond acceptors (Lipinski definition) is 3. The van der Waals surface area contributed by atoms with Gasteiger partial charge in [-0.1, -0.05) is 0 Å². The maximum Gasteiger partial charge on any atom is 0.317 e. The molecule has 0 radical (unpaired) electrons. The average molecular weight is 272 g/mol. The van der Waals surface area contributed by atoms with Crippen molar-refractivity contribution >= 4 is 12.0 Å². The van der Waals surface area contributed by atoms with E-state index in [-0.39, 0.29) is 31.1 Å². The van der Waals surface area contributed by atoms with Gasteiger partial charge in [0, 0.05) is 25.7 Å². The lowest BCUT2D eigenvalue weighted by molar-refractivity contribution is -0.139. The van der Waals surface area contributed by atoms with Gasteiger partial charge in [0.25, 0.3) is 0 Å². The Bertz CT molecular complexity index is 312. The van der Waals surface area contributed by atoms with Gasteiger partial charge in [-0.3, -0.25) is 4.79 Å². The smallest absolute Gasteiger partial charge is 0.317 e. The highest BCUT2D eigenvalue weighted by Gasteiger charge is 2.29. The number of carboxylic acid groups (broad SMARTS) is 1. The first-order chi connectivity index (χ1) is 8.95. The molecule has 6 nitrogen and oxygen atoms in total. The number of nitrogens with one attached hydrogen (secondary N) is 1. The lowest BCUT2D eigenvalue weighted by Gasteiger charge is -2.39. The number of piperidine rings is 1. The van der Waals surface area contributed by atoms with Gasteiger partial charge < -0.3 is 20.1 Å². The molecule has 1 aliphatic rings. The van der Waals surface area contributed by atoms with E-state index in [0.29, 0.717) is 0 Å². The van der Waals surface area contributed by atoms with Crippen LogP contribution in [0.4, 0.5) is 4.79 Å². The Hall–Kier alpha value is -1.30. The Morgan fingerprint density at radius 1 is 1.37 bits per heavy atom. The van der Waals surface area contributed by atoms with Crippen LogP contribution in [-0.4, -0.2) is 53.8 Å². The number of hydrogen-bond donors (Lipinski definition) is 2. The molecule has 1 unspecified atom stereocenters. The van der Waals surface area contributed by atoms with Gasteiger partial charge in [-0.2, -0.15) is 0 Å². The summed E-state index contributed by atoms with van der Waals surface area (Å²) in [5.74, 6) is -0.930. The molecular weight excluding hydrogens is 248 g/mol. The SMILES string of the molecule is COC(CNC(=O)N1[C@H](C)CCC[C@@H]1C)CC(=O)O. The maximum atomic E-state index is 12.1. The van der Waals surface area contributed by atoms with Crippen molar-refractivity contribution in [3.05, 3.63) is 0 Å². The number of methoxy groups -OCH3 is 1. The van der Waals surface area contributed by atoms with Gasteiger partial charge in [0.05, 0.1) is 12.5 Å². The fraction of sp³-hybridized carbons (Fsp3) is 0.846. The molecule has 1 aliphatic heterocycles. The maximum absolute atomic E-state index is 12.1. The second-order valence-electron chi connectivity index (χ2n) is 5.18. The van der Waals surface area contributed by atoms with Crippen LogP contribution in [-0.2, 0) is 9.53 Å². The van der Waals surface area contributed by atoms with Crippen molar-refractivity contribution in [3.63, 3.8) is 0 Å². The number of likely N-dealkylation sites (tertiary alicyclic amines) is 1. The first kappa shape index (κ1) is 15.8. The van der Waals surface area contributed by atoms with E-state index in [1.54, 1.807) is 0 Å². The Balaban J connectivity index is 2.46. The van der Waals surface area contributed by atoms with E-state index in [9.17, 15) is 9.59 Å². The van der Waals surface area contributed by atoms with Crippen LogP contribution in [0.3, 0.4) is 0 Å². The average Bonchev–Trinajstić information content (AvgIpc) is 2.33. The van der Waals surface area contributed by atoms with E-state index in [4.69, 9.17) is 9.84 Å². The number of aliphatic carboxylic acids is 1. The fourth-order valence-corrected chi connectivity index (χ4v) is 2.55. The Morgan fingerprint density at radius 2 is 1.95 bits per heavy atom. The molecule has 0 bridgehead atoms. The third-order valence-corrected chi connectivity index (χ3v) is 3.64. The number of urea groups is 1. The third-order valence-electron chi connectivity index (χ3n) is 3.64. The molecule has 6 heteroatoms. The Labute approximate surface area is 114 Å². The van der Waals surface area contributed by atoms with E-state index in [1.165, 1.54) is 7.11 Å². The number of carboxylic acids is 1. The second-order valence-corrected chi connectivity index (χ2v) is 5.18. The molecule has 1 rings (SSSR count). The predicted molar refractivity (Wildman–Crippen MR) is 71.1 cm³/mol. The first-order valence-corrected chi connectivity index (χ1v) is 6.76. The zero-order valence-electron chi connectivity index (χ0n) is 11.9. The minimum Gasteiger partial charge on any atom is -0.481 e. The van der Waals surface area contributed by atoms with Gasteiger partial charge in [-0.05, 0) is 33.1 Å². The Kier molecular flexibility index (Phi) is 6.08. The van der Waals surface area contributed by atoms with Crippen molar-refractivity contribution < 1.29 is 19.4 Å². The van der Waals surface area contributed by atoms with Crippen molar-refractivity contribution in [2.45, 2.75) is 57.7 Å². The van der Waals surface area contributed by atoms with Crippen LogP contribution in [0, 0.1) is 0 Å². The van der Waals surface area contributed by atoms with E-state index in [1.807, 2.05) is 18.7 Å². The van der Waals surface area contributed by atoms with Crippen LogP contribution in [0.2, 0.25) is 0 Å². The molecular formula is C13H24N2O4. The summed E-state index contributed by atoms with van der Waals surface area (Å²) in [6.07, 6.45) is 2.58. The molecule has 1 heterocycles. The molecule has 0 aromatic carbocycles. The van der Waals surface area contributed by atoms with Gasteiger partial charge in [0.15, 0.2) is 0 Å². The van der Waals surface area contributed by atoms with Crippen molar-refractivity contribution in [2.75, 3.05) is 13.7 Å². The zero-order valence-corrected chi connectivity index (χ0v) is 11.9. The van der Waals surface area contributed by atoms with E-state index in [2.05, 4.69) is 5.32 Å². The normalized spacial score (nSPS) is 24.9. The van der Waals surface area contributed by atoms with Crippen LogP contribution in [0.15, 0.2) is 0 Å². The van der Waals surface area contributed by atoms with E-state index >= 15 is 0 Å². The molecule has 2 N–H and O–H groups in total. The van der Waals surface area contributed by atoms with Crippen LogP contribution >= 0.6 is 0 Å². The standard InChI is InChI=1S/C13H24N2O4/c1-9-5-4-6-10(2)15(9)13(18)14-8-11(19-3)7-12(16)17/h9-11H,4-8H2,1-3H3,(H,14,18)(H,16,17)/t9-,10+,11?. The highest BCUT2D eigenvalue weighted by molar-refractivity contribution is 5.75. The molecule has 0 aromatic rings. The van der Waals surface area contributed by atoms with E-state index < -0.39 is 12.1 Å². The first-order valence-electron chi connectivity index (χ1n) is 6.76.